The highest BCUT2D eigenvalue weighted by molar-refractivity contribution is 6.22. The van der Waals surface area contributed by atoms with Crippen LogP contribution in [0, 0.1) is 0 Å². The van der Waals surface area contributed by atoms with Gasteiger partial charge >= 0.3 is 0 Å². The van der Waals surface area contributed by atoms with Gasteiger partial charge in [-0.15, -0.1) is 0 Å². The largest absolute Gasteiger partial charge is 0.507 e. The summed E-state index contributed by atoms with van der Waals surface area (Å²) in [6.45, 7) is 0. The lowest BCUT2D eigenvalue weighted by Gasteiger charge is -2.36. The van der Waals surface area contributed by atoms with Crippen LogP contribution in [0.5, 0.6) is 5.75 Å². The van der Waals surface area contributed by atoms with Crippen molar-refractivity contribution in [3.63, 3.8) is 0 Å². The van der Waals surface area contributed by atoms with Gasteiger partial charge in [-0.25, -0.2) is 0 Å². The average molecular weight is 278 g/mol. The zero-order valence-electron chi connectivity index (χ0n) is 10.5. The number of nitrogens with zero attached hydrogens (tertiary/aromatic N) is 1. The molecule has 2 amide bonds. The summed E-state index contributed by atoms with van der Waals surface area (Å²) in [5.41, 5.74) is 0.101. The van der Waals surface area contributed by atoms with Crippen LogP contribution in [0.25, 0.3) is 0 Å². The fourth-order valence-electron chi connectivity index (χ4n) is 2.74. The number of nitrogens with one attached hydrogen (secondary N) is 1. The van der Waals surface area contributed by atoms with Crippen molar-refractivity contribution < 1.29 is 24.9 Å². The molecule has 2 heterocycles. The van der Waals surface area contributed by atoms with Crippen molar-refractivity contribution in [2.24, 2.45) is 0 Å². The van der Waals surface area contributed by atoms with Crippen molar-refractivity contribution >= 4 is 11.8 Å². The Morgan fingerprint density at radius 2 is 1.90 bits per heavy atom. The number of hydrogen-bond donors (Lipinski definition) is 4. The molecule has 106 valence electrons. The van der Waals surface area contributed by atoms with Crippen LogP contribution < -0.4 is 5.32 Å². The molecule has 0 bridgehead atoms. The van der Waals surface area contributed by atoms with E-state index in [9.17, 15) is 24.9 Å². The monoisotopic (exact) mass is 278 g/mol. The molecular formula is C13H14N2O5. The fourth-order valence-corrected chi connectivity index (χ4v) is 2.74. The SMILES string of the molecule is O=C1c2cccc(O)c2C(=O)N1C1CCC(O)NC1O. The van der Waals surface area contributed by atoms with Gasteiger partial charge in [0.05, 0.1) is 17.2 Å². The second kappa shape index (κ2) is 4.55. The summed E-state index contributed by atoms with van der Waals surface area (Å²) in [5, 5.41) is 31.5. The van der Waals surface area contributed by atoms with E-state index in [-0.39, 0.29) is 16.9 Å². The van der Waals surface area contributed by atoms with Crippen LogP contribution in [0.1, 0.15) is 33.6 Å². The molecule has 0 saturated carbocycles. The van der Waals surface area contributed by atoms with Crippen LogP contribution in [0.4, 0.5) is 0 Å². The van der Waals surface area contributed by atoms with E-state index in [0.717, 1.165) is 4.90 Å². The predicted molar refractivity (Wildman–Crippen MR) is 66.8 cm³/mol. The number of aromatic hydroxyl groups is 1. The summed E-state index contributed by atoms with van der Waals surface area (Å²) in [5.74, 6) is -1.41. The molecule has 1 aromatic carbocycles. The molecule has 3 unspecified atom stereocenters. The van der Waals surface area contributed by atoms with E-state index in [4.69, 9.17) is 0 Å². The highest BCUT2D eigenvalue weighted by atomic mass is 16.3. The number of piperidine rings is 1. The second-order valence-corrected chi connectivity index (χ2v) is 4.95. The molecule has 1 aromatic rings. The van der Waals surface area contributed by atoms with Gasteiger partial charge in [0.1, 0.15) is 18.2 Å². The number of carbonyl (C=O) groups excluding carboxylic acids is 2. The van der Waals surface area contributed by atoms with Crippen molar-refractivity contribution in [3.8, 4) is 5.75 Å². The molecular weight excluding hydrogens is 264 g/mol. The number of aliphatic hydroxyl groups is 2. The van der Waals surface area contributed by atoms with Crippen LogP contribution in [-0.2, 0) is 0 Å². The first-order chi connectivity index (χ1) is 9.50. The number of rotatable bonds is 1. The van der Waals surface area contributed by atoms with E-state index in [0.29, 0.717) is 12.8 Å². The molecule has 1 saturated heterocycles. The summed E-state index contributed by atoms with van der Waals surface area (Å²) in [6, 6.07) is 3.53. The number of fused-ring (bicyclic) bond motifs is 1. The molecule has 0 aliphatic carbocycles. The zero-order valence-corrected chi connectivity index (χ0v) is 10.5. The Morgan fingerprint density at radius 3 is 2.55 bits per heavy atom. The van der Waals surface area contributed by atoms with Gasteiger partial charge in [0.25, 0.3) is 11.8 Å². The van der Waals surface area contributed by atoms with Gasteiger partial charge in [-0.05, 0) is 25.0 Å². The molecule has 0 radical (unpaired) electrons. The molecule has 1 fully saturated rings. The lowest BCUT2D eigenvalue weighted by Crippen LogP contribution is -2.58. The summed E-state index contributed by atoms with van der Waals surface area (Å²) in [7, 11) is 0. The molecule has 7 nitrogen and oxygen atoms in total. The Hall–Kier alpha value is -1.96. The molecule has 0 aromatic heterocycles. The zero-order chi connectivity index (χ0) is 14.4. The third kappa shape index (κ3) is 1.79. The van der Waals surface area contributed by atoms with Gasteiger partial charge in [0.15, 0.2) is 0 Å². The number of amides is 2. The predicted octanol–water partition coefficient (Wildman–Crippen LogP) is -0.623. The number of imide groups is 1. The number of phenols is 1. The quantitative estimate of drug-likeness (QED) is 0.509. The smallest absolute Gasteiger partial charge is 0.265 e. The van der Waals surface area contributed by atoms with E-state index < -0.39 is 30.3 Å². The Kier molecular flexibility index (Phi) is 2.97. The van der Waals surface area contributed by atoms with Gasteiger partial charge in [-0.3, -0.25) is 19.8 Å². The van der Waals surface area contributed by atoms with E-state index in [1.807, 2.05) is 0 Å². The number of benzene rings is 1. The minimum atomic E-state index is -1.19. The molecule has 2 aliphatic heterocycles. The molecule has 0 spiro atoms. The van der Waals surface area contributed by atoms with Gasteiger partial charge in [0.2, 0.25) is 0 Å². The van der Waals surface area contributed by atoms with Crippen LogP contribution in [-0.4, -0.2) is 50.5 Å². The summed E-state index contributed by atoms with van der Waals surface area (Å²) in [4.78, 5) is 25.5. The Balaban J connectivity index is 1.96. The fraction of sp³-hybridized carbons (Fsp3) is 0.385. The third-order valence-corrected chi connectivity index (χ3v) is 3.72. The number of carbonyl (C=O) groups is 2. The van der Waals surface area contributed by atoms with E-state index >= 15 is 0 Å². The van der Waals surface area contributed by atoms with Crippen LogP contribution in [0.15, 0.2) is 18.2 Å². The van der Waals surface area contributed by atoms with E-state index in [2.05, 4.69) is 5.32 Å². The standard InChI is InChI=1S/C13H14N2O5/c16-8-3-1-2-6-10(8)13(20)15(12(6)19)7-4-5-9(17)14-11(7)18/h1-3,7,9,11,14,16-18H,4-5H2. The van der Waals surface area contributed by atoms with Crippen molar-refractivity contribution in [1.82, 2.24) is 10.2 Å². The highest BCUT2D eigenvalue weighted by Crippen LogP contribution is 2.33. The van der Waals surface area contributed by atoms with Crippen molar-refractivity contribution in [2.45, 2.75) is 31.3 Å². The highest BCUT2D eigenvalue weighted by Gasteiger charge is 2.45. The Labute approximate surface area is 114 Å². The molecule has 4 N–H and O–H groups in total. The first kappa shape index (κ1) is 13.0. The van der Waals surface area contributed by atoms with Gasteiger partial charge in [-0.2, -0.15) is 0 Å². The van der Waals surface area contributed by atoms with E-state index in [1.54, 1.807) is 0 Å². The lowest BCUT2D eigenvalue weighted by atomic mass is 10.0. The number of aliphatic hydroxyl groups excluding tert-OH is 2. The maximum atomic E-state index is 12.3. The molecule has 2 aliphatic rings. The van der Waals surface area contributed by atoms with Gasteiger partial charge in [-0.1, -0.05) is 6.07 Å². The third-order valence-electron chi connectivity index (χ3n) is 3.72. The number of phenolic OH excluding ortho intramolecular Hbond substituents is 1. The van der Waals surface area contributed by atoms with Crippen molar-refractivity contribution in [3.05, 3.63) is 29.3 Å². The molecule has 3 atom stereocenters. The van der Waals surface area contributed by atoms with Crippen LogP contribution >= 0.6 is 0 Å². The summed E-state index contributed by atoms with van der Waals surface area (Å²) < 4.78 is 0. The Bertz CT molecular complexity index is 588. The summed E-state index contributed by atoms with van der Waals surface area (Å²) in [6.07, 6.45) is -1.43. The minimum Gasteiger partial charge on any atom is -0.507 e. The Morgan fingerprint density at radius 1 is 1.15 bits per heavy atom. The normalized spacial score (nSPS) is 29.7. The van der Waals surface area contributed by atoms with Gasteiger partial charge in [0, 0.05) is 0 Å². The van der Waals surface area contributed by atoms with Crippen LogP contribution in [0.3, 0.4) is 0 Å². The second-order valence-electron chi connectivity index (χ2n) is 4.95. The molecule has 20 heavy (non-hydrogen) atoms. The number of hydrogen-bond acceptors (Lipinski definition) is 6. The van der Waals surface area contributed by atoms with Crippen molar-refractivity contribution in [2.75, 3.05) is 0 Å². The first-order valence-electron chi connectivity index (χ1n) is 6.32. The van der Waals surface area contributed by atoms with Crippen LogP contribution in [0.2, 0.25) is 0 Å². The van der Waals surface area contributed by atoms with E-state index in [1.165, 1.54) is 18.2 Å². The first-order valence-corrected chi connectivity index (χ1v) is 6.32. The lowest BCUT2D eigenvalue weighted by molar-refractivity contribution is -0.0413. The van der Waals surface area contributed by atoms with Gasteiger partial charge < -0.3 is 15.3 Å². The van der Waals surface area contributed by atoms with Crippen molar-refractivity contribution in [1.29, 1.82) is 0 Å². The average Bonchev–Trinajstić information content (AvgIpc) is 2.64. The molecule has 7 heteroatoms. The maximum Gasteiger partial charge on any atom is 0.265 e. The summed E-state index contributed by atoms with van der Waals surface area (Å²) >= 11 is 0. The topological polar surface area (TPSA) is 110 Å². The minimum absolute atomic E-state index is 0.0316. The molecule has 3 rings (SSSR count). The maximum absolute atomic E-state index is 12.3.